The number of hydrogen-bond acceptors (Lipinski definition) is 6. The van der Waals surface area contributed by atoms with E-state index < -0.39 is 5.97 Å². The molecule has 3 N–H and O–H groups in total. The first-order chi connectivity index (χ1) is 19.3. The summed E-state index contributed by atoms with van der Waals surface area (Å²) < 4.78 is 0. The SMILES string of the molecule is CON(C(=O)c1ccc(N/C(=C2\C(=O)Nc3cc(C(=O)O)c(C)cc32)c2ccccc2)cc1)C1CCN(C)CC1. The van der Waals surface area contributed by atoms with Crippen LogP contribution in [0.5, 0.6) is 0 Å². The summed E-state index contributed by atoms with van der Waals surface area (Å²) in [5.41, 5.74) is 4.73. The normalized spacial score (nSPS) is 16.7. The quantitative estimate of drug-likeness (QED) is 0.294. The average Bonchev–Trinajstić information content (AvgIpc) is 3.27. The van der Waals surface area contributed by atoms with Crippen molar-refractivity contribution < 1.29 is 24.3 Å². The number of carbonyl (C=O) groups excluding carboxylic acids is 2. The van der Waals surface area contributed by atoms with Crippen molar-refractivity contribution in [1.82, 2.24) is 9.96 Å². The lowest BCUT2D eigenvalue weighted by Crippen LogP contribution is -2.46. The highest BCUT2D eigenvalue weighted by Crippen LogP contribution is 2.39. The number of nitrogens with one attached hydrogen (secondary N) is 2. The monoisotopic (exact) mass is 540 g/mol. The van der Waals surface area contributed by atoms with Gasteiger partial charge in [0.25, 0.3) is 11.8 Å². The van der Waals surface area contributed by atoms with Crippen molar-refractivity contribution in [2.45, 2.75) is 25.8 Å². The predicted octanol–water partition coefficient (Wildman–Crippen LogP) is 4.72. The highest BCUT2D eigenvalue weighted by atomic mass is 16.7. The van der Waals surface area contributed by atoms with Gasteiger partial charge in [0.2, 0.25) is 0 Å². The molecule has 5 rings (SSSR count). The van der Waals surface area contributed by atoms with Crippen LogP contribution in [0.3, 0.4) is 0 Å². The topological polar surface area (TPSA) is 111 Å². The zero-order chi connectivity index (χ0) is 28.4. The highest BCUT2D eigenvalue weighted by molar-refractivity contribution is 6.37. The summed E-state index contributed by atoms with van der Waals surface area (Å²) in [4.78, 5) is 45.9. The Morgan fingerprint density at radius 3 is 2.33 bits per heavy atom. The van der Waals surface area contributed by atoms with Gasteiger partial charge in [0.05, 0.1) is 35.7 Å². The predicted molar refractivity (Wildman–Crippen MR) is 154 cm³/mol. The van der Waals surface area contributed by atoms with Crippen LogP contribution in [-0.2, 0) is 9.63 Å². The molecule has 1 saturated heterocycles. The standard InChI is InChI=1S/C31H32N4O5/c1-19-17-25-26(18-24(19)31(38)39)33-29(36)27(25)28(20-7-5-4-6-8-20)32-22-11-9-21(10-12-22)30(37)35(40-3)23-13-15-34(2)16-14-23/h4-12,17-18,23,32H,13-16H2,1-3H3,(H,33,36)(H,38,39)/b28-27-. The van der Waals surface area contributed by atoms with Crippen LogP contribution >= 0.6 is 0 Å². The summed E-state index contributed by atoms with van der Waals surface area (Å²) >= 11 is 0. The maximum atomic E-state index is 13.3. The van der Waals surface area contributed by atoms with Crippen molar-refractivity contribution in [3.8, 4) is 0 Å². The van der Waals surface area contributed by atoms with E-state index in [-0.39, 0.29) is 23.4 Å². The smallest absolute Gasteiger partial charge is 0.336 e. The number of carbonyl (C=O) groups is 3. The second-order valence-electron chi connectivity index (χ2n) is 10.1. The van der Waals surface area contributed by atoms with Crippen LogP contribution in [-0.4, -0.2) is 66.1 Å². The number of piperidine rings is 1. The van der Waals surface area contributed by atoms with Crippen LogP contribution in [0.15, 0.2) is 66.7 Å². The van der Waals surface area contributed by atoms with Gasteiger partial charge in [0.1, 0.15) is 0 Å². The third kappa shape index (κ3) is 5.34. The second kappa shape index (κ2) is 11.3. The van der Waals surface area contributed by atoms with Crippen molar-refractivity contribution in [2.24, 2.45) is 0 Å². The fourth-order valence-electron chi connectivity index (χ4n) is 5.28. The van der Waals surface area contributed by atoms with E-state index in [1.54, 1.807) is 37.3 Å². The van der Waals surface area contributed by atoms with Gasteiger partial charge in [-0.25, -0.2) is 9.86 Å². The molecule has 0 atom stereocenters. The van der Waals surface area contributed by atoms with Gasteiger partial charge in [0, 0.05) is 16.8 Å². The number of benzene rings is 3. The molecule has 0 spiro atoms. The minimum atomic E-state index is -1.05. The first kappa shape index (κ1) is 27.1. The summed E-state index contributed by atoms with van der Waals surface area (Å²) in [5, 5.41) is 17.2. The summed E-state index contributed by atoms with van der Waals surface area (Å²) in [6, 6.07) is 19.8. The number of aromatic carboxylic acids is 1. The molecule has 9 nitrogen and oxygen atoms in total. The van der Waals surface area contributed by atoms with Gasteiger partial charge < -0.3 is 20.6 Å². The van der Waals surface area contributed by atoms with E-state index in [4.69, 9.17) is 4.84 Å². The van der Waals surface area contributed by atoms with Crippen molar-refractivity contribution >= 4 is 40.4 Å². The number of nitrogens with zero attached hydrogens (tertiary/aromatic N) is 2. The third-order valence-electron chi connectivity index (χ3n) is 7.47. The maximum Gasteiger partial charge on any atom is 0.336 e. The van der Waals surface area contributed by atoms with E-state index in [9.17, 15) is 19.5 Å². The van der Waals surface area contributed by atoms with Gasteiger partial charge in [0.15, 0.2) is 0 Å². The Morgan fingerprint density at radius 1 is 1.02 bits per heavy atom. The van der Waals surface area contributed by atoms with Crippen molar-refractivity contribution in [3.05, 3.63) is 94.5 Å². The molecule has 9 heteroatoms. The number of anilines is 2. The number of aryl methyl sites for hydroxylation is 1. The molecule has 0 aromatic heterocycles. The molecule has 2 aliphatic rings. The van der Waals surface area contributed by atoms with E-state index in [0.29, 0.717) is 39.3 Å². The molecule has 2 aliphatic heterocycles. The minimum absolute atomic E-state index is 0.0203. The van der Waals surface area contributed by atoms with Crippen LogP contribution in [0, 0.1) is 6.92 Å². The number of fused-ring (bicyclic) bond motifs is 1. The van der Waals surface area contributed by atoms with Crippen molar-refractivity contribution in [3.63, 3.8) is 0 Å². The molecular weight excluding hydrogens is 508 g/mol. The molecule has 3 aromatic rings. The lowest BCUT2D eigenvalue weighted by Gasteiger charge is -2.35. The molecule has 40 heavy (non-hydrogen) atoms. The van der Waals surface area contributed by atoms with E-state index in [1.807, 2.05) is 30.3 Å². The van der Waals surface area contributed by atoms with Crippen LogP contribution in [0.25, 0.3) is 11.3 Å². The number of amides is 2. The van der Waals surface area contributed by atoms with Gasteiger partial charge in [-0.05, 0) is 87.4 Å². The fraction of sp³-hybridized carbons (Fsp3) is 0.258. The van der Waals surface area contributed by atoms with Crippen LogP contribution in [0.1, 0.15) is 50.2 Å². The lowest BCUT2D eigenvalue weighted by molar-refractivity contribution is -0.132. The maximum absolute atomic E-state index is 13.3. The molecule has 0 saturated carbocycles. The summed E-state index contributed by atoms with van der Waals surface area (Å²) in [5.74, 6) is -1.58. The number of rotatable bonds is 7. The second-order valence-corrected chi connectivity index (χ2v) is 10.1. The number of carboxylic acid groups (broad SMARTS) is 1. The van der Waals surface area contributed by atoms with Gasteiger partial charge >= 0.3 is 5.97 Å². The zero-order valence-corrected chi connectivity index (χ0v) is 22.7. The van der Waals surface area contributed by atoms with Crippen LogP contribution < -0.4 is 10.6 Å². The Hall–Kier alpha value is -4.47. The van der Waals surface area contributed by atoms with Crippen molar-refractivity contribution in [2.75, 3.05) is 37.9 Å². The molecule has 2 heterocycles. The molecule has 0 bridgehead atoms. The number of likely N-dealkylation sites (tertiary alicyclic amines) is 1. The van der Waals surface area contributed by atoms with E-state index in [0.717, 1.165) is 31.5 Å². The number of hydrogen-bond donors (Lipinski definition) is 3. The number of carboxylic acids is 1. The molecule has 0 radical (unpaired) electrons. The fourth-order valence-corrected chi connectivity index (χ4v) is 5.28. The largest absolute Gasteiger partial charge is 0.478 e. The van der Waals surface area contributed by atoms with E-state index in [1.165, 1.54) is 18.2 Å². The highest BCUT2D eigenvalue weighted by Gasteiger charge is 2.31. The Balaban J connectivity index is 1.47. The first-order valence-electron chi connectivity index (χ1n) is 13.2. The van der Waals surface area contributed by atoms with Crippen LogP contribution in [0.4, 0.5) is 11.4 Å². The van der Waals surface area contributed by atoms with Gasteiger partial charge in [-0.1, -0.05) is 30.3 Å². The van der Waals surface area contributed by atoms with E-state index in [2.05, 4.69) is 22.6 Å². The Bertz CT molecular complexity index is 1480. The summed E-state index contributed by atoms with van der Waals surface area (Å²) in [6.45, 7) is 3.53. The number of hydroxylamine groups is 2. The molecule has 2 amide bonds. The molecule has 1 fully saturated rings. The lowest BCUT2D eigenvalue weighted by atomic mass is 9.96. The minimum Gasteiger partial charge on any atom is -0.478 e. The molecule has 0 aliphatic carbocycles. The van der Waals surface area contributed by atoms with Crippen molar-refractivity contribution in [1.29, 1.82) is 0 Å². The molecule has 3 aromatic carbocycles. The van der Waals surface area contributed by atoms with Gasteiger partial charge in [-0.2, -0.15) is 0 Å². The third-order valence-corrected chi connectivity index (χ3v) is 7.47. The van der Waals surface area contributed by atoms with Crippen LogP contribution in [0.2, 0.25) is 0 Å². The zero-order valence-electron chi connectivity index (χ0n) is 22.7. The Morgan fingerprint density at radius 2 is 1.70 bits per heavy atom. The molecule has 206 valence electrons. The van der Waals surface area contributed by atoms with Gasteiger partial charge in [-0.3, -0.25) is 14.4 Å². The van der Waals surface area contributed by atoms with Gasteiger partial charge in [-0.15, -0.1) is 0 Å². The summed E-state index contributed by atoms with van der Waals surface area (Å²) in [7, 11) is 3.60. The average molecular weight is 541 g/mol. The molecular formula is C31H32N4O5. The Kier molecular flexibility index (Phi) is 7.68. The Labute approximate surface area is 233 Å². The summed E-state index contributed by atoms with van der Waals surface area (Å²) in [6.07, 6.45) is 1.70. The molecule has 0 unspecified atom stereocenters. The van der Waals surface area contributed by atoms with E-state index >= 15 is 0 Å². The first-order valence-corrected chi connectivity index (χ1v) is 13.2.